The van der Waals surface area contributed by atoms with Gasteiger partial charge in [0.05, 0.1) is 22.2 Å². The fraction of sp³-hybridized carbons (Fsp3) is 0.100. The molecule has 0 fully saturated rings. The summed E-state index contributed by atoms with van der Waals surface area (Å²) in [6.07, 6.45) is 3.14. The zero-order chi connectivity index (χ0) is 20.3. The largest absolute Gasteiger partial charge is 0.493 e. The third kappa shape index (κ3) is 4.33. The molecule has 0 atom stereocenters. The van der Waals surface area contributed by atoms with Crippen LogP contribution in [-0.4, -0.2) is 25.6 Å². The van der Waals surface area contributed by atoms with Crippen LogP contribution < -0.4 is 9.47 Å². The standard InChI is InChI=1S/C20H14Cl3NO4/c1-3-6-27-18-15(23)7-11(9-17(18)26-2)8-16-20(25)28-19(24-16)12-4-5-13(21)14(22)10-12/h3-5,7-10H,1,6H2,2H3/b16-8-. The van der Waals surface area contributed by atoms with Crippen molar-refractivity contribution in [1.29, 1.82) is 0 Å². The minimum absolute atomic E-state index is 0.110. The Labute approximate surface area is 176 Å². The van der Waals surface area contributed by atoms with Crippen molar-refractivity contribution in [3.05, 3.63) is 74.9 Å². The van der Waals surface area contributed by atoms with Gasteiger partial charge < -0.3 is 14.2 Å². The SMILES string of the molecule is C=CCOc1c(Cl)cc(/C=C2\N=C(c3ccc(Cl)c(Cl)c3)OC2=O)cc1OC. The van der Waals surface area contributed by atoms with Crippen LogP contribution in [0.25, 0.3) is 6.08 Å². The fourth-order valence-electron chi connectivity index (χ4n) is 2.43. The van der Waals surface area contributed by atoms with Crippen LogP contribution in [0.1, 0.15) is 11.1 Å². The summed E-state index contributed by atoms with van der Waals surface area (Å²) in [5.74, 6) is 0.350. The molecule has 0 aromatic heterocycles. The van der Waals surface area contributed by atoms with E-state index in [4.69, 9.17) is 49.0 Å². The van der Waals surface area contributed by atoms with Crippen molar-refractivity contribution in [2.45, 2.75) is 0 Å². The van der Waals surface area contributed by atoms with Crippen molar-refractivity contribution < 1.29 is 19.0 Å². The summed E-state index contributed by atoms with van der Waals surface area (Å²) in [4.78, 5) is 16.4. The van der Waals surface area contributed by atoms with Gasteiger partial charge in [-0.3, -0.25) is 0 Å². The Morgan fingerprint density at radius 3 is 2.61 bits per heavy atom. The average molecular weight is 439 g/mol. The van der Waals surface area contributed by atoms with E-state index in [0.717, 1.165) is 0 Å². The Hall–Kier alpha value is -2.47. The summed E-state index contributed by atoms with van der Waals surface area (Å²) >= 11 is 18.2. The van der Waals surface area contributed by atoms with Crippen molar-refractivity contribution in [2.75, 3.05) is 13.7 Å². The molecule has 144 valence electrons. The van der Waals surface area contributed by atoms with Gasteiger partial charge in [-0.25, -0.2) is 9.79 Å². The fourth-order valence-corrected chi connectivity index (χ4v) is 3.00. The molecule has 1 aliphatic rings. The third-order valence-corrected chi connectivity index (χ3v) is 4.71. The molecule has 0 saturated heterocycles. The van der Waals surface area contributed by atoms with Crippen LogP contribution in [0.4, 0.5) is 0 Å². The highest BCUT2D eigenvalue weighted by atomic mass is 35.5. The highest BCUT2D eigenvalue weighted by Gasteiger charge is 2.25. The van der Waals surface area contributed by atoms with Gasteiger partial charge in [0.2, 0.25) is 5.90 Å². The van der Waals surface area contributed by atoms with E-state index in [9.17, 15) is 4.79 Å². The molecule has 0 bridgehead atoms. The molecule has 0 radical (unpaired) electrons. The number of benzene rings is 2. The Morgan fingerprint density at radius 2 is 1.93 bits per heavy atom. The van der Waals surface area contributed by atoms with Crippen LogP contribution in [-0.2, 0) is 9.53 Å². The smallest absolute Gasteiger partial charge is 0.363 e. The predicted molar refractivity (Wildman–Crippen MR) is 111 cm³/mol. The van der Waals surface area contributed by atoms with Gasteiger partial charge in [0.1, 0.15) is 6.61 Å². The lowest BCUT2D eigenvalue weighted by molar-refractivity contribution is -0.129. The van der Waals surface area contributed by atoms with E-state index in [2.05, 4.69) is 11.6 Å². The quantitative estimate of drug-likeness (QED) is 0.336. The molecule has 0 spiro atoms. The van der Waals surface area contributed by atoms with Crippen molar-refractivity contribution in [1.82, 2.24) is 0 Å². The molecule has 0 unspecified atom stereocenters. The first-order chi connectivity index (χ1) is 13.4. The summed E-state index contributed by atoms with van der Waals surface area (Å²) in [5.41, 5.74) is 1.24. The molecule has 2 aromatic rings. The van der Waals surface area contributed by atoms with Gasteiger partial charge in [-0.1, -0.05) is 47.5 Å². The van der Waals surface area contributed by atoms with E-state index in [-0.39, 0.29) is 18.2 Å². The summed E-state index contributed by atoms with van der Waals surface area (Å²) in [7, 11) is 1.49. The number of hydrogen-bond donors (Lipinski definition) is 0. The second-order valence-electron chi connectivity index (χ2n) is 5.60. The van der Waals surface area contributed by atoms with Gasteiger partial charge in [-0.05, 0) is 42.0 Å². The minimum Gasteiger partial charge on any atom is -0.493 e. The molecule has 3 rings (SSSR count). The van der Waals surface area contributed by atoms with Gasteiger partial charge >= 0.3 is 5.97 Å². The first-order valence-electron chi connectivity index (χ1n) is 8.02. The highest BCUT2D eigenvalue weighted by Crippen LogP contribution is 2.37. The maximum atomic E-state index is 12.2. The Morgan fingerprint density at radius 1 is 1.14 bits per heavy atom. The van der Waals surface area contributed by atoms with E-state index in [1.165, 1.54) is 7.11 Å². The molecular weight excluding hydrogens is 425 g/mol. The van der Waals surface area contributed by atoms with Gasteiger partial charge in [-0.2, -0.15) is 0 Å². The lowest BCUT2D eigenvalue weighted by Gasteiger charge is -2.12. The zero-order valence-corrected chi connectivity index (χ0v) is 16.9. The Bertz CT molecular complexity index is 1010. The molecule has 1 heterocycles. The first kappa shape index (κ1) is 20.3. The van der Waals surface area contributed by atoms with Crippen LogP contribution in [0, 0.1) is 0 Å². The summed E-state index contributed by atoms with van der Waals surface area (Å²) in [6.45, 7) is 3.88. The van der Waals surface area contributed by atoms with Crippen molar-refractivity contribution >= 4 is 52.7 Å². The number of rotatable bonds is 6. The number of carbonyl (C=O) groups excluding carboxylic acids is 1. The van der Waals surface area contributed by atoms with E-state index < -0.39 is 5.97 Å². The average Bonchev–Trinajstić information content (AvgIpc) is 3.03. The van der Waals surface area contributed by atoms with Gasteiger partial charge in [-0.15, -0.1) is 0 Å². The van der Waals surface area contributed by atoms with E-state index >= 15 is 0 Å². The first-order valence-corrected chi connectivity index (χ1v) is 9.15. The molecule has 28 heavy (non-hydrogen) atoms. The predicted octanol–water partition coefficient (Wildman–Crippen LogP) is 5.56. The molecule has 5 nitrogen and oxygen atoms in total. The minimum atomic E-state index is -0.594. The summed E-state index contributed by atoms with van der Waals surface area (Å²) in [6, 6.07) is 8.15. The van der Waals surface area contributed by atoms with Crippen LogP contribution in [0.5, 0.6) is 11.5 Å². The number of aliphatic imine (C=N–C) groups is 1. The monoisotopic (exact) mass is 437 g/mol. The van der Waals surface area contributed by atoms with Crippen molar-refractivity contribution in [3.8, 4) is 11.5 Å². The van der Waals surface area contributed by atoms with Crippen molar-refractivity contribution in [3.63, 3.8) is 0 Å². The summed E-state index contributed by atoms with van der Waals surface area (Å²) in [5, 5.41) is 1.06. The molecule has 0 aliphatic carbocycles. The molecule has 0 saturated carbocycles. The maximum absolute atomic E-state index is 12.2. The van der Waals surface area contributed by atoms with E-state index in [0.29, 0.717) is 37.7 Å². The van der Waals surface area contributed by atoms with Gasteiger partial charge in [0, 0.05) is 5.56 Å². The Kier molecular flexibility index (Phi) is 6.29. The molecule has 8 heteroatoms. The maximum Gasteiger partial charge on any atom is 0.363 e. The number of nitrogens with zero attached hydrogens (tertiary/aromatic N) is 1. The number of carbonyl (C=O) groups is 1. The third-order valence-electron chi connectivity index (χ3n) is 3.69. The number of hydrogen-bond acceptors (Lipinski definition) is 5. The summed E-state index contributed by atoms with van der Waals surface area (Å²) < 4.78 is 16.1. The topological polar surface area (TPSA) is 57.1 Å². The van der Waals surface area contributed by atoms with E-state index in [1.54, 1.807) is 42.5 Å². The highest BCUT2D eigenvalue weighted by molar-refractivity contribution is 6.42. The molecular formula is C20H14Cl3NO4. The molecule has 0 amide bonds. The molecule has 2 aromatic carbocycles. The lowest BCUT2D eigenvalue weighted by Crippen LogP contribution is -2.05. The zero-order valence-electron chi connectivity index (χ0n) is 14.7. The van der Waals surface area contributed by atoms with Crippen molar-refractivity contribution in [2.24, 2.45) is 4.99 Å². The number of ether oxygens (including phenoxy) is 3. The van der Waals surface area contributed by atoms with Crippen LogP contribution in [0.3, 0.4) is 0 Å². The number of esters is 1. The van der Waals surface area contributed by atoms with Crippen LogP contribution in [0.2, 0.25) is 15.1 Å². The lowest BCUT2D eigenvalue weighted by atomic mass is 10.1. The normalized spacial score (nSPS) is 14.6. The number of methoxy groups -OCH3 is 1. The van der Waals surface area contributed by atoms with Gasteiger partial charge in [0.15, 0.2) is 17.2 Å². The van der Waals surface area contributed by atoms with Crippen LogP contribution >= 0.6 is 34.8 Å². The number of cyclic esters (lactones) is 1. The Balaban J connectivity index is 1.95. The number of halogens is 3. The second kappa shape index (κ2) is 8.69. The molecule has 1 aliphatic heterocycles. The van der Waals surface area contributed by atoms with Crippen LogP contribution in [0.15, 0.2) is 53.7 Å². The van der Waals surface area contributed by atoms with E-state index in [1.807, 2.05) is 0 Å². The second-order valence-corrected chi connectivity index (χ2v) is 6.82. The molecule has 0 N–H and O–H groups in total. The van der Waals surface area contributed by atoms with Gasteiger partial charge in [0.25, 0.3) is 0 Å².